The summed E-state index contributed by atoms with van der Waals surface area (Å²) >= 11 is 0. The fourth-order valence-corrected chi connectivity index (χ4v) is 0. The first-order chi connectivity index (χ1) is 3.15. The maximum Gasteiger partial charge on any atom is 0.0351 e. The minimum absolute atomic E-state index is 0. The van der Waals surface area contributed by atoms with Crippen LogP contribution in [0.2, 0.25) is 0 Å². The second kappa shape index (κ2) is 15.8. The first kappa shape index (κ1) is 15.7. The number of hydrogen-bond donors (Lipinski definition) is 0. The fourth-order valence-electron chi connectivity index (χ4n) is 0. The highest BCUT2D eigenvalue weighted by atomic mass is 16.4. The third-order valence-corrected chi connectivity index (χ3v) is 0. The van der Waals surface area contributed by atoms with E-state index < -0.39 is 0 Å². The van der Waals surface area contributed by atoms with E-state index in [0.717, 1.165) is 0 Å². The lowest BCUT2D eigenvalue weighted by molar-refractivity contribution is 0.277. The van der Waals surface area contributed by atoms with Crippen LogP contribution >= 0.6 is 0 Å². The molecule has 0 fully saturated rings. The zero-order valence-electron chi connectivity index (χ0n) is 5.86. The molecule has 0 spiro atoms. The topological polar surface area (TPSA) is 12.5 Å². The highest BCUT2D eigenvalue weighted by molar-refractivity contribution is 4.09. The van der Waals surface area contributed by atoms with Gasteiger partial charge in [0.25, 0.3) is 0 Å². The predicted octanol–water partition coefficient (Wildman–Crippen LogP) is 1.08. The molecular formula is C6H19NO. The molecule has 0 unspecified atom stereocenters. The molecule has 0 aromatic heterocycles. The van der Waals surface area contributed by atoms with Crippen LogP contribution in [-0.4, -0.2) is 40.3 Å². The highest BCUT2D eigenvalue weighted by Crippen LogP contribution is 1.47. The molecule has 0 amide bonds. The van der Waals surface area contributed by atoms with Gasteiger partial charge in [0, 0.05) is 14.2 Å². The fraction of sp³-hybridized carbons (Fsp3) is 1.00. The van der Waals surface area contributed by atoms with Crippen LogP contribution in [0.5, 0.6) is 0 Å². The van der Waals surface area contributed by atoms with E-state index >= 15 is 0 Å². The first-order valence-corrected chi connectivity index (χ1v) is 2.16. The summed E-state index contributed by atoms with van der Waals surface area (Å²) in [6.07, 6.45) is 0. The van der Waals surface area contributed by atoms with Gasteiger partial charge in [-0.1, -0.05) is 7.43 Å². The monoisotopic (exact) mass is 121 g/mol. The molecule has 0 saturated carbocycles. The number of ether oxygens (including phenoxy) is 1. The summed E-state index contributed by atoms with van der Waals surface area (Å²) in [5, 5.41) is 0. The normalized spacial score (nSPS) is 6.75. The quantitative estimate of drug-likeness (QED) is 0.475. The maximum absolute atomic E-state index is 4.25. The molecule has 0 saturated heterocycles. The number of nitrogens with zero attached hydrogens (tertiary/aromatic N) is 1. The van der Waals surface area contributed by atoms with Crippen molar-refractivity contribution in [1.29, 1.82) is 0 Å². The standard InChI is InChI=1S/C3H9N.C2H6O.CH4/c1-4(2)3;1-3-2;/h1-3H3;1-2H3;1H4. The van der Waals surface area contributed by atoms with Crippen LogP contribution in [0.1, 0.15) is 7.43 Å². The van der Waals surface area contributed by atoms with Gasteiger partial charge in [0.1, 0.15) is 0 Å². The number of methoxy groups -OCH3 is 1. The van der Waals surface area contributed by atoms with Gasteiger partial charge in [-0.3, -0.25) is 0 Å². The molecule has 0 atom stereocenters. The van der Waals surface area contributed by atoms with Crippen LogP contribution in [0.25, 0.3) is 0 Å². The average molecular weight is 121 g/mol. The van der Waals surface area contributed by atoms with Gasteiger partial charge in [0.05, 0.1) is 0 Å². The van der Waals surface area contributed by atoms with Gasteiger partial charge >= 0.3 is 0 Å². The lowest BCUT2D eigenvalue weighted by atomic mass is 11.0. The molecule has 54 valence electrons. The Morgan fingerprint density at radius 2 is 1.00 bits per heavy atom. The molecule has 0 aliphatic rings. The van der Waals surface area contributed by atoms with Crippen molar-refractivity contribution >= 4 is 0 Å². The van der Waals surface area contributed by atoms with Gasteiger partial charge in [0.2, 0.25) is 0 Å². The van der Waals surface area contributed by atoms with E-state index in [1.165, 1.54) is 0 Å². The van der Waals surface area contributed by atoms with Crippen LogP contribution in [0.3, 0.4) is 0 Å². The molecule has 0 N–H and O–H groups in total. The van der Waals surface area contributed by atoms with E-state index in [2.05, 4.69) is 4.74 Å². The summed E-state index contributed by atoms with van der Waals surface area (Å²) in [7, 11) is 9.25. The first-order valence-electron chi connectivity index (χ1n) is 2.16. The average Bonchev–Trinajstić information content (AvgIpc) is 1.33. The van der Waals surface area contributed by atoms with Crippen LogP contribution < -0.4 is 0 Å². The molecule has 0 radical (unpaired) electrons. The Kier molecular flexibility index (Phi) is 30.9. The van der Waals surface area contributed by atoms with Crippen molar-refractivity contribution in [3.05, 3.63) is 0 Å². The van der Waals surface area contributed by atoms with Crippen molar-refractivity contribution in [2.75, 3.05) is 35.4 Å². The summed E-state index contributed by atoms with van der Waals surface area (Å²) in [6, 6.07) is 0. The van der Waals surface area contributed by atoms with E-state index in [9.17, 15) is 0 Å². The van der Waals surface area contributed by atoms with Gasteiger partial charge in [-0.2, -0.15) is 0 Å². The third-order valence-electron chi connectivity index (χ3n) is 0. The molecule has 2 nitrogen and oxygen atoms in total. The zero-order chi connectivity index (χ0) is 6.28. The number of rotatable bonds is 0. The van der Waals surface area contributed by atoms with Gasteiger partial charge < -0.3 is 9.64 Å². The predicted molar refractivity (Wildman–Crippen MR) is 39.3 cm³/mol. The van der Waals surface area contributed by atoms with E-state index in [4.69, 9.17) is 0 Å². The summed E-state index contributed by atoms with van der Waals surface area (Å²) in [5.41, 5.74) is 0. The Balaban J connectivity index is -0.0000000575. The van der Waals surface area contributed by atoms with Crippen LogP contribution in [0.15, 0.2) is 0 Å². The zero-order valence-corrected chi connectivity index (χ0v) is 5.86. The molecule has 0 heterocycles. The summed E-state index contributed by atoms with van der Waals surface area (Å²) in [4.78, 5) is 2.00. The van der Waals surface area contributed by atoms with Crippen LogP contribution in [0, 0.1) is 0 Å². The molecule has 0 rings (SSSR count). The van der Waals surface area contributed by atoms with Crippen molar-refractivity contribution in [3.63, 3.8) is 0 Å². The molecule has 0 aromatic rings. The van der Waals surface area contributed by atoms with E-state index in [0.29, 0.717) is 0 Å². The van der Waals surface area contributed by atoms with Crippen molar-refractivity contribution in [2.24, 2.45) is 0 Å². The Bertz CT molecular complexity index is 19.7. The molecule has 2 heteroatoms. The Morgan fingerprint density at radius 1 is 1.00 bits per heavy atom. The summed E-state index contributed by atoms with van der Waals surface area (Å²) < 4.78 is 4.25. The van der Waals surface area contributed by atoms with Gasteiger partial charge in [0.15, 0.2) is 0 Å². The van der Waals surface area contributed by atoms with Crippen LogP contribution in [0.4, 0.5) is 0 Å². The lowest BCUT2D eigenvalue weighted by Gasteiger charge is -1.90. The van der Waals surface area contributed by atoms with E-state index in [-0.39, 0.29) is 7.43 Å². The molecule has 0 bridgehead atoms. The molecule has 0 aliphatic heterocycles. The second-order valence-electron chi connectivity index (χ2n) is 1.75. The SMILES string of the molecule is C.CN(C)C.COC. The molecule has 8 heavy (non-hydrogen) atoms. The summed E-state index contributed by atoms with van der Waals surface area (Å²) in [6.45, 7) is 0. The second-order valence-corrected chi connectivity index (χ2v) is 1.75. The smallest absolute Gasteiger partial charge is 0.0351 e. The van der Waals surface area contributed by atoms with Crippen molar-refractivity contribution in [3.8, 4) is 0 Å². The maximum atomic E-state index is 4.25. The Hall–Kier alpha value is -0.0800. The van der Waals surface area contributed by atoms with Crippen molar-refractivity contribution in [1.82, 2.24) is 4.90 Å². The van der Waals surface area contributed by atoms with Gasteiger partial charge in [-0.05, 0) is 21.1 Å². The third kappa shape index (κ3) is 22400. The molecular weight excluding hydrogens is 102 g/mol. The molecule has 0 aromatic carbocycles. The minimum Gasteiger partial charge on any atom is -0.388 e. The van der Waals surface area contributed by atoms with E-state index in [1.54, 1.807) is 14.2 Å². The minimum atomic E-state index is 0. The van der Waals surface area contributed by atoms with Gasteiger partial charge in [-0.15, -0.1) is 0 Å². The lowest BCUT2D eigenvalue weighted by Crippen LogP contribution is -1.99. The van der Waals surface area contributed by atoms with E-state index in [1.807, 2.05) is 26.0 Å². The Labute approximate surface area is 53.4 Å². The molecule has 0 aliphatic carbocycles. The summed E-state index contributed by atoms with van der Waals surface area (Å²) in [5.74, 6) is 0. The van der Waals surface area contributed by atoms with Crippen molar-refractivity contribution in [2.45, 2.75) is 7.43 Å². The van der Waals surface area contributed by atoms with Crippen molar-refractivity contribution < 1.29 is 4.74 Å². The van der Waals surface area contributed by atoms with Gasteiger partial charge in [-0.25, -0.2) is 0 Å². The Morgan fingerprint density at radius 3 is 1.00 bits per heavy atom. The number of hydrogen-bond acceptors (Lipinski definition) is 2. The van der Waals surface area contributed by atoms with Crippen LogP contribution in [-0.2, 0) is 4.74 Å². The highest BCUT2D eigenvalue weighted by Gasteiger charge is 1.58. The largest absolute Gasteiger partial charge is 0.388 e.